The highest BCUT2D eigenvalue weighted by Crippen LogP contribution is 2.33. The minimum Gasteiger partial charge on any atom is -0.285 e. The van der Waals surface area contributed by atoms with E-state index in [1.54, 1.807) is 43.0 Å². The molecule has 0 amide bonds. The topological polar surface area (TPSA) is 67.3 Å². The minimum atomic E-state index is -0.318. The molecule has 0 spiro atoms. The van der Waals surface area contributed by atoms with Gasteiger partial charge in [-0.25, -0.2) is 14.4 Å². The maximum Gasteiger partial charge on any atom is 0.160 e. The fourth-order valence-electron chi connectivity index (χ4n) is 3.26. The lowest BCUT2D eigenvalue weighted by atomic mass is 9.99. The minimum absolute atomic E-state index is 0.318. The van der Waals surface area contributed by atoms with Gasteiger partial charge in [0.15, 0.2) is 5.65 Å². The predicted octanol–water partition coefficient (Wildman–Crippen LogP) is 4.89. The van der Waals surface area contributed by atoms with Gasteiger partial charge in [-0.2, -0.15) is 5.10 Å². The summed E-state index contributed by atoms with van der Waals surface area (Å²) < 4.78 is 14.4. The third kappa shape index (κ3) is 2.81. The Labute approximate surface area is 160 Å². The van der Waals surface area contributed by atoms with Gasteiger partial charge in [0.1, 0.15) is 5.82 Å². The van der Waals surface area contributed by atoms with Crippen LogP contribution in [0.25, 0.3) is 44.5 Å². The van der Waals surface area contributed by atoms with Gasteiger partial charge in [0.2, 0.25) is 0 Å². The van der Waals surface area contributed by atoms with E-state index in [0.717, 1.165) is 27.6 Å². The van der Waals surface area contributed by atoms with Gasteiger partial charge in [0.05, 0.1) is 11.9 Å². The van der Waals surface area contributed by atoms with Gasteiger partial charge in [0, 0.05) is 52.4 Å². The first-order valence-corrected chi connectivity index (χ1v) is 8.75. The van der Waals surface area contributed by atoms with E-state index < -0.39 is 0 Å². The number of benzene rings is 1. The fraction of sp³-hybridized carbons (Fsp3) is 0. The smallest absolute Gasteiger partial charge is 0.160 e. The van der Waals surface area contributed by atoms with Gasteiger partial charge in [-0.1, -0.05) is 12.1 Å². The van der Waals surface area contributed by atoms with Crippen molar-refractivity contribution in [2.24, 2.45) is 0 Å². The monoisotopic (exact) mass is 367 g/mol. The first-order chi connectivity index (χ1) is 13.8. The van der Waals surface area contributed by atoms with Crippen molar-refractivity contribution >= 4 is 11.0 Å². The van der Waals surface area contributed by atoms with Crippen molar-refractivity contribution in [1.29, 1.82) is 0 Å². The van der Waals surface area contributed by atoms with E-state index >= 15 is 0 Å². The SMILES string of the molecule is Fc1ccccc1-c1cc(-c2cncc(-c3cn[nH]c3)c2)c2cccnc2n1. The van der Waals surface area contributed by atoms with Gasteiger partial charge in [-0.05, 0) is 42.0 Å². The van der Waals surface area contributed by atoms with Gasteiger partial charge < -0.3 is 0 Å². The van der Waals surface area contributed by atoms with Gasteiger partial charge >= 0.3 is 0 Å². The lowest BCUT2D eigenvalue weighted by Gasteiger charge is -2.11. The third-order valence-electron chi connectivity index (χ3n) is 4.61. The van der Waals surface area contributed by atoms with Gasteiger partial charge in [-0.15, -0.1) is 0 Å². The normalized spacial score (nSPS) is 11.0. The standard InChI is InChI=1S/C22H14FN5/c23-20-6-2-1-4-18(20)21-9-19(17-5-3-7-25-22(17)28-21)15-8-14(10-24-11-15)16-12-26-27-13-16/h1-13H,(H,26,27). The summed E-state index contributed by atoms with van der Waals surface area (Å²) >= 11 is 0. The zero-order valence-electron chi connectivity index (χ0n) is 14.7. The van der Waals surface area contributed by atoms with Crippen LogP contribution in [0.3, 0.4) is 0 Å². The highest BCUT2D eigenvalue weighted by molar-refractivity contribution is 5.95. The summed E-state index contributed by atoms with van der Waals surface area (Å²) in [5, 5.41) is 7.70. The predicted molar refractivity (Wildman–Crippen MR) is 106 cm³/mol. The maximum atomic E-state index is 14.4. The molecule has 5 nitrogen and oxygen atoms in total. The van der Waals surface area contributed by atoms with E-state index in [9.17, 15) is 4.39 Å². The molecule has 0 aliphatic rings. The largest absolute Gasteiger partial charge is 0.285 e. The second-order valence-electron chi connectivity index (χ2n) is 6.36. The lowest BCUT2D eigenvalue weighted by molar-refractivity contribution is 0.631. The van der Waals surface area contributed by atoms with Gasteiger partial charge in [-0.3, -0.25) is 10.1 Å². The maximum absolute atomic E-state index is 14.4. The molecule has 5 aromatic rings. The van der Waals surface area contributed by atoms with Crippen LogP contribution in [0.5, 0.6) is 0 Å². The highest BCUT2D eigenvalue weighted by atomic mass is 19.1. The molecule has 0 aliphatic heterocycles. The van der Waals surface area contributed by atoms with E-state index in [4.69, 9.17) is 0 Å². The molecule has 134 valence electrons. The van der Waals surface area contributed by atoms with Crippen molar-refractivity contribution < 1.29 is 4.39 Å². The van der Waals surface area contributed by atoms with Crippen molar-refractivity contribution in [2.45, 2.75) is 0 Å². The van der Waals surface area contributed by atoms with E-state index in [-0.39, 0.29) is 5.82 Å². The molecule has 6 heteroatoms. The number of nitrogens with one attached hydrogen (secondary N) is 1. The molecule has 0 radical (unpaired) electrons. The van der Waals surface area contributed by atoms with Crippen LogP contribution >= 0.6 is 0 Å². The Balaban J connectivity index is 1.75. The van der Waals surface area contributed by atoms with Crippen LogP contribution in [-0.2, 0) is 0 Å². The van der Waals surface area contributed by atoms with Crippen molar-refractivity contribution in [3.8, 4) is 33.5 Å². The summed E-state index contributed by atoms with van der Waals surface area (Å²) in [6.07, 6.45) is 8.82. The van der Waals surface area contributed by atoms with Crippen LogP contribution in [0.2, 0.25) is 0 Å². The summed E-state index contributed by atoms with van der Waals surface area (Å²) in [7, 11) is 0. The molecule has 4 aromatic heterocycles. The molecule has 0 saturated carbocycles. The lowest BCUT2D eigenvalue weighted by Crippen LogP contribution is -1.94. The Morgan fingerprint density at radius 3 is 2.57 bits per heavy atom. The zero-order chi connectivity index (χ0) is 18.9. The Bertz CT molecular complexity index is 1280. The van der Waals surface area contributed by atoms with Crippen molar-refractivity contribution in [2.75, 3.05) is 0 Å². The molecule has 28 heavy (non-hydrogen) atoms. The molecule has 1 aromatic carbocycles. The first-order valence-electron chi connectivity index (χ1n) is 8.75. The summed E-state index contributed by atoms with van der Waals surface area (Å²) in [6.45, 7) is 0. The molecule has 5 rings (SSSR count). The second-order valence-corrected chi connectivity index (χ2v) is 6.36. The Kier molecular flexibility index (Phi) is 3.87. The van der Waals surface area contributed by atoms with Crippen molar-refractivity contribution in [3.05, 3.63) is 85.3 Å². The van der Waals surface area contributed by atoms with Crippen LogP contribution in [0.15, 0.2) is 79.5 Å². The van der Waals surface area contributed by atoms with E-state index in [1.165, 1.54) is 6.07 Å². The molecule has 0 unspecified atom stereocenters. The molecule has 0 bridgehead atoms. The van der Waals surface area contributed by atoms with E-state index in [1.807, 2.05) is 30.5 Å². The molecule has 0 aliphatic carbocycles. The number of halogens is 1. The van der Waals surface area contributed by atoms with Gasteiger partial charge in [0.25, 0.3) is 0 Å². The molecule has 1 N–H and O–H groups in total. The second kappa shape index (κ2) is 6.66. The van der Waals surface area contributed by atoms with Crippen molar-refractivity contribution in [3.63, 3.8) is 0 Å². The molecule has 0 saturated heterocycles. The average Bonchev–Trinajstić information content (AvgIpc) is 3.28. The number of aromatic amines is 1. The molecular formula is C22H14FN5. The van der Waals surface area contributed by atoms with E-state index in [2.05, 4.69) is 25.1 Å². The number of rotatable bonds is 3. The van der Waals surface area contributed by atoms with Crippen molar-refractivity contribution in [1.82, 2.24) is 25.1 Å². The molecule has 0 fully saturated rings. The average molecular weight is 367 g/mol. The highest BCUT2D eigenvalue weighted by Gasteiger charge is 2.13. The Hall–Kier alpha value is -3.93. The molecule has 4 heterocycles. The Morgan fingerprint density at radius 2 is 1.71 bits per heavy atom. The number of pyridine rings is 3. The number of hydrogen-bond donors (Lipinski definition) is 1. The quantitative estimate of drug-likeness (QED) is 0.493. The summed E-state index contributed by atoms with van der Waals surface area (Å²) in [5.41, 5.74) is 5.22. The number of hydrogen-bond acceptors (Lipinski definition) is 4. The number of aromatic nitrogens is 5. The molecular weight excluding hydrogens is 353 g/mol. The number of H-pyrrole nitrogens is 1. The van der Waals surface area contributed by atoms with E-state index in [0.29, 0.717) is 16.9 Å². The zero-order valence-corrected chi connectivity index (χ0v) is 14.7. The van der Waals surface area contributed by atoms with Crippen LogP contribution < -0.4 is 0 Å². The number of nitrogens with zero attached hydrogens (tertiary/aromatic N) is 4. The summed E-state index contributed by atoms with van der Waals surface area (Å²) in [4.78, 5) is 13.4. The first kappa shape index (κ1) is 16.3. The summed E-state index contributed by atoms with van der Waals surface area (Å²) in [5.74, 6) is -0.318. The number of fused-ring (bicyclic) bond motifs is 1. The summed E-state index contributed by atoms with van der Waals surface area (Å²) in [6, 6.07) is 14.4. The van der Waals surface area contributed by atoms with Crippen LogP contribution in [0, 0.1) is 5.82 Å². The Morgan fingerprint density at radius 1 is 0.821 bits per heavy atom. The van der Waals surface area contributed by atoms with Crippen LogP contribution in [0.4, 0.5) is 4.39 Å². The third-order valence-corrected chi connectivity index (χ3v) is 4.61. The van der Waals surface area contributed by atoms with Crippen LogP contribution in [-0.4, -0.2) is 25.1 Å². The molecule has 0 atom stereocenters. The fourth-order valence-corrected chi connectivity index (χ4v) is 3.26. The van der Waals surface area contributed by atoms with Crippen LogP contribution in [0.1, 0.15) is 0 Å².